The van der Waals surface area contributed by atoms with Crippen LogP contribution in [0.15, 0.2) is 12.4 Å². The van der Waals surface area contributed by atoms with Gasteiger partial charge < -0.3 is 10.1 Å². The summed E-state index contributed by atoms with van der Waals surface area (Å²) in [6.45, 7) is 0.991. The molecule has 1 saturated carbocycles. The van der Waals surface area contributed by atoms with E-state index in [4.69, 9.17) is 4.74 Å². The topological polar surface area (TPSA) is 47.0 Å². The van der Waals surface area contributed by atoms with Crippen LogP contribution in [0, 0.1) is 5.92 Å². The average molecular weight is 193 g/mol. The molecule has 0 aromatic carbocycles. The van der Waals surface area contributed by atoms with Crippen molar-refractivity contribution in [1.29, 1.82) is 0 Å². The van der Waals surface area contributed by atoms with E-state index in [0.29, 0.717) is 5.88 Å². The minimum atomic E-state index is 0.605. The molecule has 1 heterocycles. The molecule has 1 aliphatic rings. The highest BCUT2D eigenvalue weighted by molar-refractivity contribution is 5.36. The van der Waals surface area contributed by atoms with Gasteiger partial charge in [0, 0.05) is 12.6 Å². The number of rotatable bonds is 5. The molecule has 0 atom stereocenters. The first-order valence-corrected chi connectivity index (χ1v) is 4.98. The molecular weight excluding hydrogens is 178 g/mol. The largest absolute Gasteiger partial charge is 0.481 e. The fraction of sp³-hybridized carbons (Fsp3) is 0.600. The second-order valence-electron chi connectivity index (χ2n) is 3.60. The molecule has 4 nitrogen and oxygen atoms in total. The van der Waals surface area contributed by atoms with Crippen LogP contribution in [0.2, 0.25) is 0 Å². The highest BCUT2D eigenvalue weighted by atomic mass is 16.5. The molecule has 1 aliphatic carbocycles. The van der Waals surface area contributed by atoms with E-state index in [1.807, 2.05) is 6.07 Å². The molecule has 4 heteroatoms. The van der Waals surface area contributed by atoms with Crippen molar-refractivity contribution in [3.8, 4) is 5.88 Å². The van der Waals surface area contributed by atoms with Crippen LogP contribution in [-0.4, -0.2) is 23.6 Å². The molecule has 1 aromatic rings. The Hall–Kier alpha value is -1.32. The second kappa shape index (κ2) is 4.26. The minimum Gasteiger partial charge on any atom is -0.481 e. The van der Waals surface area contributed by atoms with Gasteiger partial charge in [-0.25, -0.2) is 9.97 Å². The Labute approximate surface area is 83.7 Å². The summed E-state index contributed by atoms with van der Waals surface area (Å²) in [7, 11) is 1.61. The summed E-state index contributed by atoms with van der Waals surface area (Å²) in [6.07, 6.45) is 5.55. The van der Waals surface area contributed by atoms with E-state index in [1.165, 1.54) is 25.6 Å². The van der Waals surface area contributed by atoms with Crippen LogP contribution in [0.3, 0.4) is 0 Å². The molecule has 0 bridgehead atoms. The molecule has 14 heavy (non-hydrogen) atoms. The van der Waals surface area contributed by atoms with Crippen molar-refractivity contribution in [3.05, 3.63) is 12.4 Å². The number of ether oxygens (including phenoxy) is 1. The van der Waals surface area contributed by atoms with Gasteiger partial charge in [0.05, 0.1) is 7.11 Å². The standard InChI is InChI=1S/C10H15N3O/c1-14-10-6-9(12-7-13-10)11-5-4-8-2-3-8/h6-8H,2-5H2,1H3,(H,11,12,13). The van der Waals surface area contributed by atoms with Gasteiger partial charge in [-0.15, -0.1) is 0 Å². The van der Waals surface area contributed by atoms with Crippen molar-refractivity contribution in [2.75, 3.05) is 19.0 Å². The van der Waals surface area contributed by atoms with Crippen LogP contribution < -0.4 is 10.1 Å². The van der Waals surface area contributed by atoms with Gasteiger partial charge in [-0.3, -0.25) is 0 Å². The molecule has 0 unspecified atom stereocenters. The van der Waals surface area contributed by atoms with Crippen molar-refractivity contribution >= 4 is 5.82 Å². The number of methoxy groups -OCH3 is 1. The molecule has 1 aromatic heterocycles. The van der Waals surface area contributed by atoms with E-state index in [2.05, 4.69) is 15.3 Å². The molecule has 1 fully saturated rings. The smallest absolute Gasteiger partial charge is 0.218 e. The van der Waals surface area contributed by atoms with Crippen LogP contribution in [0.5, 0.6) is 5.88 Å². The van der Waals surface area contributed by atoms with E-state index in [0.717, 1.165) is 18.3 Å². The third kappa shape index (κ3) is 2.58. The highest BCUT2D eigenvalue weighted by Crippen LogP contribution is 2.32. The SMILES string of the molecule is COc1cc(NCCC2CC2)ncn1. The Morgan fingerprint density at radius 2 is 2.36 bits per heavy atom. The molecule has 0 saturated heterocycles. The molecule has 0 aliphatic heterocycles. The maximum atomic E-state index is 5.00. The molecule has 1 N–H and O–H groups in total. The van der Waals surface area contributed by atoms with Crippen molar-refractivity contribution in [1.82, 2.24) is 9.97 Å². The van der Waals surface area contributed by atoms with E-state index < -0.39 is 0 Å². The van der Waals surface area contributed by atoms with Gasteiger partial charge in [0.25, 0.3) is 0 Å². The van der Waals surface area contributed by atoms with Crippen LogP contribution in [0.4, 0.5) is 5.82 Å². The zero-order chi connectivity index (χ0) is 9.80. The molecule has 0 spiro atoms. The second-order valence-corrected chi connectivity index (χ2v) is 3.60. The first kappa shape index (κ1) is 9.24. The van der Waals surface area contributed by atoms with Crippen LogP contribution in [-0.2, 0) is 0 Å². The van der Waals surface area contributed by atoms with Gasteiger partial charge in [-0.1, -0.05) is 12.8 Å². The van der Waals surface area contributed by atoms with Gasteiger partial charge in [-0.05, 0) is 12.3 Å². The molecule has 0 radical (unpaired) electrons. The van der Waals surface area contributed by atoms with Crippen molar-refractivity contribution in [2.24, 2.45) is 5.92 Å². The highest BCUT2D eigenvalue weighted by Gasteiger charge is 2.20. The number of hydrogen-bond donors (Lipinski definition) is 1. The summed E-state index contributed by atoms with van der Waals surface area (Å²) in [5.41, 5.74) is 0. The predicted molar refractivity (Wildman–Crippen MR) is 54.4 cm³/mol. The number of aromatic nitrogens is 2. The van der Waals surface area contributed by atoms with Crippen molar-refractivity contribution < 1.29 is 4.74 Å². The predicted octanol–water partition coefficient (Wildman–Crippen LogP) is 1.70. The Kier molecular flexibility index (Phi) is 2.81. The van der Waals surface area contributed by atoms with Gasteiger partial charge in [0.2, 0.25) is 5.88 Å². The van der Waals surface area contributed by atoms with E-state index >= 15 is 0 Å². The molecule has 76 valence electrons. The number of hydrogen-bond acceptors (Lipinski definition) is 4. The van der Waals surface area contributed by atoms with E-state index in [-0.39, 0.29) is 0 Å². The number of nitrogens with zero attached hydrogens (tertiary/aromatic N) is 2. The van der Waals surface area contributed by atoms with Gasteiger partial charge in [0.15, 0.2) is 0 Å². The van der Waals surface area contributed by atoms with Gasteiger partial charge in [0.1, 0.15) is 12.1 Å². The zero-order valence-electron chi connectivity index (χ0n) is 8.36. The summed E-state index contributed by atoms with van der Waals surface area (Å²) < 4.78 is 5.00. The lowest BCUT2D eigenvalue weighted by molar-refractivity contribution is 0.397. The third-order valence-electron chi connectivity index (χ3n) is 2.41. The molecular formula is C10H15N3O. The normalized spacial score (nSPS) is 15.2. The Morgan fingerprint density at radius 3 is 3.07 bits per heavy atom. The van der Waals surface area contributed by atoms with Gasteiger partial charge in [-0.2, -0.15) is 0 Å². The Bertz CT molecular complexity index is 299. The van der Waals surface area contributed by atoms with Crippen LogP contribution in [0.1, 0.15) is 19.3 Å². The maximum Gasteiger partial charge on any atom is 0.218 e. The third-order valence-corrected chi connectivity index (χ3v) is 2.41. The molecule has 2 rings (SSSR count). The summed E-state index contributed by atoms with van der Waals surface area (Å²) in [5.74, 6) is 2.40. The van der Waals surface area contributed by atoms with Crippen LogP contribution >= 0.6 is 0 Å². The fourth-order valence-corrected chi connectivity index (χ4v) is 1.36. The average Bonchev–Trinajstić information content (AvgIpc) is 3.02. The zero-order valence-corrected chi connectivity index (χ0v) is 8.36. The Balaban J connectivity index is 1.81. The lowest BCUT2D eigenvalue weighted by atomic mass is 10.3. The summed E-state index contributed by atoms with van der Waals surface area (Å²) >= 11 is 0. The van der Waals surface area contributed by atoms with Crippen molar-refractivity contribution in [2.45, 2.75) is 19.3 Å². The molecule has 0 amide bonds. The summed E-state index contributed by atoms with van der Waals surface area (Å²) in [6, 6.07) is 1.81. The number of nitrogens with one attached hydrogen (secondary N) is 1. The monoisotopic (exact) mass is 193 g/mol. The van der Waals surface area contributed by atoms with E-state index in [9.17, 15) is 0 Å². The minimum absolute atomic E-state index is 0.605. The first-order chi connectivity index (χ1) is 6.88. The maximum absolute atomic E-state index is 5.00. The van der Waals surface area contributed by atoms with Crippen molar-refractivity contribution in [3.63, 3.8) is 0 Å². The van der Waals surface area contributed by atoms with Gasteiger partial charge >= 0.3 is 0 Å². The first-order valence-electron chi connectivity index (χ1n) is 4.98. The Morgan fingerprint density at radius 1 is 1.50 bits per heavy atom. The van der Waals surface area contributed by atoms with Crippen LogP contribution in [0.25, 0.3) is 0 Å². The van der Waals surface area contributed by atoms with E-state index in [1.54, 1.807) is 7.11 Å². The lowest BCUT2D eigenvalue weighted by Crippen LogP contribution is -2.04. The quantitative estimate of drug-likeness (QED) is 0.773. The summed E-state index contributed by atoms with van der Waals surface area (Å²) in [4.78, 5) is 8.04. The lowest BCUT2D eigenvalue weighted by Gasteiger charge is -2.05. The number of anilines is 1. The fourth-order valence-electron chi connectivity index (χ4n) is 1.36. The summed E-state index contributed by atoms with van der Waals surface area (Å²) in [5, 5.41) is 3.26.